The zero-order chi connectivity index (χ0) is 44.1. The van der Waals surface area contributed by atoms with E-state index in [1.807, 2.05) is 0 Å². The summed E-state index contributed by atoms with van der Waals surface area (Å²) in [6.45, 7) is 0.483. The van der Waals surface area contributed by atoms with Crippen LogP contribution in [0.2, 0.25) is 0 Å². The quantitative estimate of drug-likeness (QED) is 0.144. The molecule has 0 amide bonds. The molecule has 10 aromatic carbocycles. The van der Waals surface area contributed by atoms with E-state index in [0.717, 1.165) is 19.3 Å². The van der Waals surface area contributed by atoms with Gasteiger partial charge in [-0.3, -0.25) is 0 Å². The maximum Gasteiger partial charge on any atom is 0.247 e. The van der Waals surface area contributed by atoms with Crippen molar-refractivity contribution in [1.82, 2.24) is 13.7 Å². The van der Waals surface area contributed by atoms with Crippen LogP contribution in [-0.2, 0) is 19.3 Å². The predicted octanol–water partition coefficient (Wildman–Crippen LogP) is 7.18. The van der Waals surface area contributed by atoms with Crippen LogP contribution >= 0.6 is 0 Å². The van der Waals surface area contributed by atoms with Crippen LogP contribution in [0, 0.1) is 0 Å². The molecule has 9 heterocycles. The summed E-state index contributed by atoms with van der Waals surface area (Å²) in [6.07, 6.45) is 2.84. The molecule has 0 atom stereocenters. The molecule has 69 heavy (non-hydrogen) atoms. The van der Waals surface area contributed by atoms with Crippen molar-refractivity contribution in [3.8, 4) is 17.1 Å². The molecule has 3 aromatic heterocycles. The number of nitrogens with zero attached hydrogens (tertiary/aromatic N) is 3. The van der Waals surface area contributed by atoms with Crippen LogP contribution in [0.1, 0.15) is 33.4 Å². The monoisotopic (exact) mass is 867 g/mol. The van der Waals surface area contributed by atoms with Crippen LogP contribution in [0.3, 0.4) is 0 Å². The van der Waals surface area contributed by atoms with Gasteiger partial charge in [0.1, 0.15) is 0 Å². The molecule has 6 aliphatic rings. The average molecular weight is 867 g/mol. The number of fused-ring (bicyclic) bond motifs is 26. The summed E-state index contributed by atoms with van der Waals surface area (Å²) in [5.41, 5.74) is 33.7. The maximum absolute atomic E-state index is 2.76. The fraction of sp³-hybridized carbons (Fsp3) is 0.0476. The number of hydrogen-bond donors (Lipinski definition) is 0. The van der Waals surface area contributed by atoms with Crippen molar-refractivity contribution in [1.29, 1.82) is 0 Å². The van der Waals surface area contributed by atoms with E-state index in [9.17, 15) is 0 Å². The Bertz CT molecular complexity index is 4680. The van der Waals surface area contributed by atoms with Gasteiger partial charge in [-0.05, 0) is 104 Å². The van der Waals surface area contributed by atoms with Gasteiger partial charge < -0.3 is 13.7 Å². The Morgan fingerprint density at radius 3 is 1.23 bits per heavy atom. The minimum atomic E-state index is 0.157. The van der Waals surface area contributed by atoms with Crippen molar-refractivity contribution >= 4 is 135 Å². The van der Waals surface area contributed by atoms with Crippen LogP contribution in [0.25, 0.3) is 82.5 Å². The van der Waals surface area contributed by atoms with Gasteiger partial charge in [0.25, 0.3) is 0 Å². The lowest BCUT2D eigenvalue weighted by Crippen LogP contribution is -2.60. The fourth-order valence-electron chi connectivity index (χ4n) is 15.7. The van der Waals surface area contributed by atoms with Crippen molar-refractivity contribution in [3.63, 3.8) is 0 Å². The minimum Gasteiger partial charge on any atom is -0.310 e. The van der Waals surface area contributed by atoms with Crippen molar-refractivity contribution in [2.24, 2.45) is 0 Å². The van der Waals surface area contributed by atoms with Gasteiger partial charge in [0.2, 0.25) is 20.1 Å². The van der Waals surface area contributed by atoms with Crippen LogP contribution in [0.5, 0.6) is 0 Å². The molecule has 0 spiro atoms. The number of benzene rings is 10. The summed E-state index contributed by atoms with van der Waals surface area (Å²) < 4.78 is 8.28. The molecule has 0 unspecified atom stereocenters. The van der Waals surface area contributed by atoms with Crippen molar-refractivity contribution < 1.29 is 0 Å². The van der Waals surface area contributed by atoms with Gasteiger partial charge in [-0.2, -0.15) is 0 Å². The van der Waals surface area contributed by atoms with Gasteiger partial charge in [0.15, 0.2) is 0 Å². The molecule has 3 nitrogen and oxygen atoms in total. The second-order valence-corrected chi connectivity index (χ2v) is 20.9. The smallest absolute Gasteiger partial charge is 0.247 e. The van der Waals surface area contributed by atoms with E-state index in [0.29, 0.717) is 0 Å². The van der Waals surface area contributed by atoms with Crippen molar-refractivity contribution in [2.75, 3.05) is 0 Å². The van der Waals surface area contributed by atoms with Gasteiger partial charge in [-0.1, -0.05) is 180 Å². The van der Waals surface area contributed by atoms with Crippen LogP contribution < -0.4 is 49.2 Å². The first-order chi connectivity index (χ1) is 34.3. The Labute approximate surface area is 398 Å². The molecule has 0 bridgehead atoms. The molecule has 0 saturated carbocycles. The van der Waals surface area contributed by atoms with Gasteiger partial charge >= 0.3 is 0 Å². The lowest BCUT2D eigenvalue weighted by molar-refractivity contribution is 1.14. The SMILES string of the molecule is c1ccc2c(c1)Cc1cccc3c1B2c1cccc2c4c5c6ccc7c8c6n(c5c5c(c6ccc9c%10c6n5-c5ccccc5B%10c5ccccc5C9)c4n-3c12)-c1ccccc1B8c1ccccc1C7. The zero-order valence-corrected chi connectivity index (χ0v) is 37.5. The summed E-state index contributed by atoms with van der Waals surface area (Å²) in [5, 5.41) is 8.16. The second-order valence-electron chi connectivity index (χ2n) is 20.9. The largest absolute Gasteiger partial charge is 0.310 e. The Hall–Kier alpha value is -8.21. The van der Waals surface area contributed by atoms with E-state index in [1.165, 1.54) is 165 Å². The molecular formula is C63H36B3N3. The minimum absolute atomic E-state index is 0.157. The molecule has 6 aliphatic heterocycles. The second kappa shape index (κ2) is 11.7. The lowest BCUT2D eigenvalue weighted by Gasteiger charge is -2.34. The topological polar surface area (TPSA) is 14.8 Å². The van der Waals surface area contributed by atoms with Gasteiger partial charge in [-0.15, -0.1) is 0 Å². The molecule has 0 radical (unpaired) electrons. The third-order valence-electron chi connectivity index (χ3n) is 18.1. The predicted molar refractivity (Wildman–Crippen MR) is 291 cm³/mol. The van der Waals surface area contributed by atoms with E-state index in [4.69, 9.17) is 0 Å². The van der Waals surface area contributed by atoms with Crippen LogP contribution in [-0.4, -0.2) is 33.8 Å². The standard InChI is InChI=1S/C63H36B3N3/c1-4-18-43-35(14-1)32-38-27-29-41-53-52-40-17-12-23-48-58(40)69(51-26-11-16-37-31-34-13-3-6-20-45(34)66(48)55(37)51)61(52)54-42-30-28-39-33-36-15-2-5-19-44(36)65-47-22-8-10-25-50(47)68(60(42)57(39)65)63(54)62(53)67-49-24-9-7-21-46(49)64(43)56(38)59(41)67/h1-30H,31-33H2. The number of rotatable bonds is 0. The molecule has 0 fully saturated rings. The Morgan fingerprint density at radius 1 is 0.246 bits per heavy atom. The van der Waals surface area contributed by atoms with Crippen molar-refractivity contribution in [2.45, 2.75) is 19.3 Å². The third kappa shape index (κ3) is 3.82. The first-order valence-electron chi connectivity index (χ1n) is 24.9. The van der Waals surface area contributed by atoms with E-state index >= 15 is 0 Å². The highest BCUT2D eigenvalue weighted by Crippen LogP contribution is 2.51. The zero-order valence-electron chi connectivity index (χ0n) is 37.5. The van der Waals surface area contributed by atoms with Gasteiger partial charge in [0, 0.05) is 65.9 Å². The lowest BCUT2D eigenvalue weighted by atomic mass is 9.32. The first-order valence-corrected chi connectivity index (χ1v) is 24.9. The van der Waals surface area contributed by atoms with E-state index in [1.54, 1.807) is 0 Å². The van der Waals surface area contributed by atoms with E-state index in [2.05, 4.69) is 196 Å². The summed E-state index contributed by atoms with van der Waals surface area (Å²) in [4.78, 5) is 0. The molecule has 13 aromatic rings. The third-order valence-corrected chi connectivity index (χ3v) is 18.1. The molecule has 19 rings (SSSR count). The summed E-state index contributed by atoms with van der Waals surface area (Å²) in [5.74, 6) is 0. The van der Waals surface area contributed by atoms with Crippen LogP contribution in [0.4, 0.5) is 0 Å². The molecule has 312 valence electrons. The molecule has 0 saturated heterocycles. The maximum atomic E-state index is 2.76. The number of para-hydroxylation sites is 3. The van der Waals surface area contributed by atoms with Gasteiger partial charge in [0.05, 0.1) is 16.6 Å². The van der Waals surface area contributed by atoms with Crippen LogP contribution in [0.15, 0.2) is 182 Å². The first kappa shape index (κ1) is 35.0. The highest BCUT2D eigenvalue weighted by molar-refractivity contribution is 7.00. The van der Waals surface area contributed by atoms with E-state index in [-0.39, 0.29) is 20.1 Å². The van der Waals surface area contributed by atoms with E-state index < -0.39 is 0 Å². The number of hydrogen-bond acceptors (Lipinski definition) is 0. The molecule has 0 N–H and O–H groups in total. The summed E-state index contributed by atoms with van der Waals surface area (Å²) >= 11 is 0. The molecular weight excluding hydrogens is 831 g/mol. The Kier molecular flexibility index (Phi) is 5.95. The average Bonchev–Trinajstić information content (AvgIpc) is 4.06. The molecule has 0 aliphatic carbocycles. The van der Waals surface area contributed by atoms with Crippen molar-refractivity contribution in [3.05, 3.63) is 215 Å². The number of aromatic nitrogens is 3. The van der Waals surface area contributed by atoms with Gasteiger partial charge in [-0.25, -0.2) is 0 Å². The normalized spacial score (nSPS) is 14.7. The molecule has 6 heteroatoms. The highest BCUT2D eigenvalue weighted by Gasteiger charge is 2.45. The highest BCUT2D eigenvalue weighted by atomic mass is 15.1. The Balaban J connectivity index is 1.11. The summed E-state index contributed by atoms with van der Waals surface area (Å²) in [7, 11) is 0. The fourth-order valence-corrected chi connectivity index (χ4v) is 15.7. The Morgan fingerprint density at radius 2 is 0.638 bits per heavy atom. The summed E-state index contributed by atoms with van der Waals surface area (Å²) in [6, 6.07) is 71.1.